The molecule has 0 bridgehead atoms. The summed E-state index contributed by atoms with van der Waals surface area (Å²) in [5, 5.41) is 0. The summed E-state index contributed by atoms with van der Waals surface area (Å²) in [5.41, 5.74) is 0. The van der Waals surface area contributed by atoms with E-state index in [9.17, 15) is 9.59 Å². The molecule has 0 aliphatic heterocycles. The highest BCUT2D eigenvalue weighted by Crippen LogP contribution is 2.20. The third-order valence-electron chi connectivity index (χ3n) is 1.85. The zero-order chi connectivity index (χ0) is 7.40. The van der Waals surface area contributed by atoms with Gasteiger partial charge in [0, 0.05) is 11.8 Å². The minimum Gasteiger partial charge on any atom is -0.303 e. The number of allylic oxidation sites excluding steroid dienone is 2. The maximum atomic E-state index is 10.3. The Hall–Kier alpha value is -0.920. The lowest BCUT2D eigenvalue weighted by Crippen LogP contribution is -2.17. The van der Waals surface area contributed by atoms with Crippen molar-refractivity contribution < 1.29 is 9.59 Å². The molecule has 0 radical (unpaired) electrons. The van der Waals surface area contributed by atoms with Crippen molar-refractivity contribution in [1.29, 1.82) is 0 Å². The van der Waals surface area contributed by atoms with E-state index in [2.05, 4.69) is 0 Å². The van der Waals surface area contributed by atoms with Crippen molar-refractivity contribution in [2.24, 2.45) is 11.8 Å². The van der Waals surface area contributed by atoms with Gasteiger partial charge >= 0.3 is 0 Å². The predicted octanol–water partition coefficient (Wildman–Crippen LogP) is 0.967. The topological polar surface area (TPSA) is 34.1 Å². The van der Waals surface area contributed by atoms with Crippen molar-refractivity contribution in [3.05, 3.63) is 12.2 Å². The van der Waals surface area contributed by atoms with Crippen molar-refractivity contribution >= 4 is 12.6 Å². The lowest BCUT2D eigenvalue weighted by molar-refractivity contribution is -0.118. The van der Waals surface area contributed by atoms with E-state index < -0.39 is 0 Å². The zero-order valence-corrected chi connectivity index (χ0v) is 5.69. The molecule has 0 fully saturated rings. The van der Waals surface area contributed by atoms with Crippen LogP contribution in [0.15, 0.2) is 12.2 Å². The summed E-state index contributed by atoms with van der Waals surface area (Å²) in [4.78, 5) is 20.7. The standard InChI is InChI=1S/C8H10O2/c9-5-7-3-1-2-4-8(7)6-10/h1,3,5-8H,2,4H2/t7-,8?/m0/s1. The summed E-state index contributed by atoms with van der Waals surface area (Å²) in [6, 6.07) is 0. The van der Waals surface area contributed by atoms with E-state index in [4.69, 9.17) is 0 Å². The fourth-order valence-electron chi connectivity index (χ4n) is 1.18. The van der Waals surface area contributed by atoms with Gasteiger partial charge in [-0.15, -0.1) is 0 Å². The lowest BCUT2D eigenvalue weighted by Gasteiger charge is -2.16. The molecule has 0 spiro atoms. The van der Waals surface area contributed by atoms with Crippen LogP contribution in [-0.2, 0) is 9.59 Å². The molecule has 0 saturated heterocycles. The van der Waals surface area contributed by atoms with Crippen molar-refractivity contribution in [3.8, 4) is 0 Å². The summed E-state index contributed by atoms with van der Waals surface area (Å²) >= 11 is 0. The van der Waals surface area contributed by atoms with E-state index in [0.29, 0.717) is 0 Å². The van der Waals surface area contributed by atoms with Gasteiger partial charge in [0.05, 0.1) is 0 Å². The smallest absolute Gasteiger partial charge is 0.127 e. The maximum absolute atomic E-state index is 10.3. The molecular weight excluding hydrogens is 128 g/mol. The van der Waals surface area contributed by atoms with E-state index in [1.807, 2.05) is 12.2 Å². The first kappa shape index (κ1) is 7.19. The van der Waals surface area contributed by atoms with Gasteiger partial charge in [0.15, 0.2) is 0 Å². The van der Waals surface area contributed by atoms with Gasteiger partial charge in [0.25, 0.3) is 0 Å². The first-order chi connectivity index (χ1) is 4.88. The van der Waals surface area contributed by atoms with Crippen LogP contribution in [0, 0.1) is 11.8 Å². The molecule has 0 saturated carbocycles. The summed E-state index contributed by atoms with van der Waals surface area (Å²) in [5.74, 6) is -0.228. The minimum atomic E-state index is -0.161. The molecule has 1 unspecified atom stereocenters. The number of hydrogen-bond acceptors (Lipinski definition) is 2. The molecule has 0 amide bonds. The van der Waals surface area contributed by atoms with E-state index in [1.54, 1.807) is 0 Å². The van der Waals surface area contributed by atoms with Crippen LogP contribution in [0.4, 0.5) is 0 Å². The second-order valence-electron chi connectivity index (χ2n) is 2.52. The molecule has 0 aromatic carbocycles. The molecule has 2 heteroatoms. The molecule has 1 rings (SSSR count). The normalized spacial score (nSPS) is 31.6. The third-order valence-corrected chi connectivity index (χ3v) is 1.85. The molecule has 1 aliphatic rings. The third kappa shape index (κ3) is 1.32. The Kier molecular flexibility index (Phi) is 2.37. The molecule has 0 N–H and O–H groups in total. The van der Waals surface area contributed by atoms with Crippen LogP contribution >= 0.6 is 0 Å². The van der Waals surface area contributed by atoms with Crippen molar-refractivity contribution in [2.45, 2.75) is 12.8 Å². The van der Waals surface area contributed by atoms with Gasteiger partial charge in [-0.1, -0.05) is 12.2 Å². The van der Waals surface area contributed by atoms with Crippen molar-refractivity contribution in [1.82, 2.24) is 0 Å². The molecule has 54 valence electrons. The van der Waals surface area contributed by atoms with Crippen LogP contribution < -0.4 is 0 Å². The Bertz CT molecular complexity index is 161. The Morgan fingerprint density at radius 2 is 2.10 bits per heavy atom. The minimum absolute atomic E-state index is 0.0671. The fourth-order valence-corrected chi connectivity index (χ4v) is 1.18. The molecule has 0 aromatic heterocycles. The molecule has 10 heavy (non-hydrogen) atoms. The zero-order valence-electron chi connectivity index (χ0n) is 5.69. The number of hydrogen-bond donors (Lipinski definition) is 0. The molecule has 0 heterocycles. The van der Waals surface area contributed by atoms with E-state index in [0.717, 1.165) is 25.4 Å². The Balaban J connectivity index is 2.64. The highest BCUT2D eigenvalue weighted by molar-refractivity contribution is 5.67. The molecule has 1 aliphatic carbocycles. The second kappa shape index (κ2) is 3.30. The predicted molar refractivity (Wildman–Crippen MR) is 37.5 cm³/mol. The van der Waals surface area contributed by atoms with Crippen LogP contribution in [-0.4, -0.2) is 12.6 Å². The van der Waals surface area contributed by atoms with Crippen molar-refractivity contribution in [2.75, 3.05) is 0 Å². The first-order valence-corrected chi connectivity index (χ1v) is 3.45. The van der Waals surface area contributed by atoms with Gasteiger partial charge in [-0.2, -0.15) is 0 Å². The van der Waals surface area contributed by atoms with Crippen LogP contribution in [0.2, 0.25) is 0 Å². The average Bonchev–Trinajstić information content (AvgIpc) is 2.04. The maximum Gasteiger partial charge on any atom is 0.127 e. The largest absolute Gasteiger partial charge is 0.303 e. The first-order valence-electron chi connectivity index (χ1n) is 3.45. The summed E-state index contributed by atoms with van der Waals surface area (Å²) in [6.07, 6.45) is 7.24. The Labute approximate surface area is 59.9 Å². The molecule has 0 aromatic rings. The van der Waals surface area contributed by atoms with Crippen LogP contribution in [0.3, 0.4) is 0 Å². The van der Waals surface area contributed by atoms with Gasteiger partial charge in [-0.25, -0.2) is 0 Å². The highest BCUT2D eigenvalue weighted by Gasteiger charge is 2.19. The van der Waals surface area contributed by atoms with Crippen LogP contribution in [0.25, 0.3) is 0 Å². The van der Waals surface area contributed by atoms with E-state index >= 15 is 0 Å². The molecule has 2 nitrogen and oxygen atoms in total. The average molecular weight is 138 g/mol. The van der Waals surface area contributed by atoms with Crippen LogP contribution in [0.5, 0.6) is 0 Å². The fraction of sp³-hybridized carbons (Fsp3) is 0.500. The van der Waals surface area contributed by atoms with Gasteiger partial charge in [0.2, 0.25) is 0 Å². The number of carbonyl (C=O) groups is 2. The highest BCUT2D eigenvalue weighted by atomic mass is 16.1. The number of rotatable bonds is 2. The van der Waals surface area contributed by atoms with Gasteiger partial charge < -0.3 is 9.59 Å². The van der Waals surface area contributed by atoms with Crippen LogP contribution in [0.1, 0.15) is 12.8 Å². The second-order valence-corrected chi connectivity index (χ2v) is 2.52. The van der Waals surface area contributed by atoms with E-state index in [-0.39, 0.29) is 11.8 Å². The van der Waals surface area contributed by atoms with Gasteiger partial charge in [-0.3, -0.25) is 0 Å². The monoisotopic (exact) mass is 138 g/mol. The summed E-state index contributed by atoms with van der Waals surface area (Å²) < 4.78 is 0. The Morgan fingerprint density at radius 3 is 2.60 bits per heavy atom. The van der Waals surface area contributed by atoms with Gasteiger partial charge in [0.1, 0.15) is 12.6 Å². The summed E-state index contributed by atoms with van der Waals surface area (Å²) in [7, 11) is 0. The lowest BCUT2D eigenvalue weighted by atomic mass is 9.86. The SMILES string of the molecule is O=CC1CCC=C[C@H]1C=O. The van der Waals surface area contributed by atoms with Crippen molar-refractivity contribution in [3.63, 3.8) is 0 Å². The quantitative estimate of drug-likeness (QED) is 0.421. The summed E-state index contributed by atoms with van der Waals surface area (Å²) in [6.45, 7) is 0. The number of aldehydes is 2. The number of carbonyl (C=O) groups excluding carboxylic acids is 2. The molecular formula is C8H10O2. The molecule has 2 atom stereocenters. The van der Waals surface area contributed by atoms with E-state index in [1.165, 1.54) is 0 Å². The van der Waals surface area contributed by atoms with Gasteiger partial charge in [-0.05, 0) is 12.8 Å². The Morgan fingerprint density at radius 1 is 1.30 bits per heavy atom.